The molecule has 0 radical (unpaired) electrons. The number of rotatable bonds is 10. The van der Waals surface area contributed by atoms with E-state index in [1.807, 2.05) is 34.6 Å². The van der Waals surface area contributed by atoms with Crippen LogP contribution in [0.4, 0.5) is 0 Å². The zero-order chi connectivity index (χ0) is 41.5. The molecule has 14 heteroatoms. The molecule has 14 nitrogen and oxygen atoms in total. The minimum atomic E-state index is -1.61. The first-order chi connectivity index (χ1) is 26.0. The van der Waals surface area contributed by atoms with E-state index in [1.54, 1.807) is 0 Å². The average molecular weight is 801 g/mol. The third-order valence-corrected chi connectivity index (χ3v) is 16.6. The normalized spacial score (nSPS) is 52.6. The highest BCUT2D eigenvalue weighted by molar-refractivity contribution is 5.22. The van der Waals surface area contributed by atoms with Gasteiger partial charge in [-0.3, -0.25) is 0 Å². The fourth-order valence-corrected chi connectivity index (χ4v) is 13.5. The summed E-state index contributed by atoms with van der Waals surface area (Å²) in [5.74, 6) is -0.781. The van der Waals surface area contributed by atoms with Crippen molar-refractivity contribution in [3.05, 3.63) is 11.6 Å². The Morgan fingerprint density at radius 2 is 1.32 bits per heavy atom. The van der Waals surface area contributed by atoms with E-state index in [-0.39, 0.29) is 23.7 Å². The summed E-state index contributed by atoms with van der Waals surface area (Å²) in [5, 5.41) is 109. The van der Waals surface area contributed by atoms with Gasteiger partial charge in [-0.2, -0.15) is 0 Å². The molecule has 6 aliphatic rings. The summed E-state index contributed by atoms with van der Waals surface area (Å²) in [5.41, 5.74) is -1.92. The Kier molecular flexibility index (Phi) is 12.7. The van der Waals surface area contributed by atoms with E-state index in [9.17, 15) is 51.1 Å². The molecule has 2 aliphatic heterocycles. The van der Waals surface area contributed by atoms with Crippen LogP contribution in [-0.2, 0) is 18.9 Å². The smallest absolute Gasteiger partial charge is 0.187 e. The van der Waals surface area contributed by atoms with E-state index in [0.29, 0.717) is 44.9 Å². The highest BCUT2D eigenvalue weighted by Gasteiger charge is 2.74. The first kappa shape index (κ1) is 44.7. The van der Waals surface area contributed by atoms with Gasteiger partial charge in [-0.25, -0.2) is 0 Å². The van der Waals surface area contributed by atoms with Crippen LogP contribution < -0.4 is 0 Å². The van der Waals surface area contributed by atoms with Gasteiger partial charge in [0.25, 0.3) is 0 Å². The number of hydrogen-bond donors (Lipinski definition) is 10. The van der Waals surface area contributed by atoms with E-state index < -0.39 is 120 Å². The Morgan fingerprint density at radius 3 is 1.89 bits per heavy atom. The molecule has 324 valence electrons. The third-order valence-electron chi connectivity index (χ3n) is 16.6. The fourth-order valence-electron chi connectivity index (χ4n) is 13.5. The van der Waals surface area contributed by atoms with Crippen molar-refractivity contribution in [2.75, 3.05) is 13.2 Å². The van der Waals surface area contributed by atoms with Gasteiger partial charge in [-0.05, 0) is 117 Å². The van der Waals surface area contributed by atoms with Gasteiger partial charge < -0.3 is 70.0 Å². The largest absolute Gasteiger partial charge is 0.394 e. The summed E-state index contributed by atoms with van der Waals surface area (Å²) in [4.78, 5) is 0. The van der Waals surface area contributed by atoms with Crippen molar-refractivity contribution in [1.29, 1.82) is 0 Å². The second kappa shape index (κ2) is 15.9. The lowest BCUT2D eigenvalue weighted by molar-refractivity contribution is -0.349. The lowest BCUT2D eigenvalue weighted by atomic mass is 9.34. The van der Waals surface area contributed by atoms with E-state index in [0.717, 1.165) is 12.0 Å². The van der Waals surface area contributed by atoms with Crippen LogP contribution in [0.15, 0.2) is 11.6 Å². The highest BCUT2D eigenvalue weighted by atomic mass is 16.7. The first-order valence-electron chi connectivity index (χ1n) is 21.0. The summed E-state index contributed by atoms with van der Waals surface area (Å²) in [7, 11) is 0. The van der Waals surface area contributed by atoms with Gasteiger partial charge in [0.2, 0.25) is 0 Å². The van der Waals surface area contributed by atoms with E-state index in [1.165, 1.54) is 0 Å². The molecule has 10 N–H and O–H groups in total. The predicted octanol–water partition coefficient (Wildman–Crippen LogP) is 1.12. The molecule has 0 aromatic heterocycles. The molecule has 21 atom stereocenters. The molecule has 6 fully saturated rings. The standard InChI is InChI=1S/C42H72O14/c1-20(2)10-9-13-42(8,56-37-34(52)32(50)30(48)25(19-44)55-37)21-11-15-40(6)28(21)22(45)16-26-39(5)14-12-27(46)38(3,4)35(39)23(17-41(26,40)7)53-36-33(51)31(49)29(47)24(18-43)54-36/h10,21-37,43-52H,9,11-19H2,1-8H3/t21?,22?,23?,24?,25?,26?,27?,28?,29?,30?,31?,32?,33?,34?,35?,36?,37?,39-,40?,41-,42?/m0/s1. The summed E-state index contributed by atoms with van der Waals surface area (Å²) in [6, 6.07) is 0. The lowest BCUT2D eigenvalue weighted by Crippen LogP contribution is -2.71. The minimum Gasteiger partial charge on any atom is -0.394 e. The molecule has 0 aromatic carbocycles. The Morgan fingerprint density at radius 1 is 0.750 bits per heavy atom. The molecule has 2 heterocycles. The second-order valence-electron chi connectivity index (χ2n) is 20.2. The van der Waals surface area contributed by atoms with Crippen molar-refractivity contribution in [3.8, 4) is 0 Å². The zero-order valence-corrected chi connectivity index (χ0v) is 34.6. The number of ether oxygens (including phenoxy) is 4. The SMILES string of the molecule is CC(C)=CCCC(C)(OC1OC(CO)C(O)C(O)C1O)C1CCC2(C)C1C(O)CC1[C@]3(C)CCC(O)C(C)(C)C3C(OC3OC(CO)C(O)C(O)C3O)C[C@@]12C. The summed E-state index contributed by atoms with van der Waals surface area (Å²) in [6.07, 6.45) is -9.52. The number of fused-ring (bicyclic) bond motifs is 5. The fraction of sp³-hybridized carbons (Fsp3) is 0.952. The Bertz CT molecular complexity index is 1400. The molecule has 56 heavy (non-hydrogen) atoms. The lowest BCUT2D eigenvalue weighted by Gasteiger charge is -2.72. The van der Waals surface area contributed by atoms with E-state index in [4.69, 9.17) is 18.9 Å². The summed E-state index contributed by atoms with van der Waals surface area (Å²) >= 11 is 0. The van der Waals surface area contributed by atoms with Gasteiger partial charge in [0, 0.05) is 0 Å². The van der Waals surface area contributed by atoms with Crippen molar-refractivity contribution < 1.29 is 70.0 Å². The number of hydrogen-bond acceptors (Lipinski definition) is 14. The van der Waals surface area contributed by atoms with Crippen LogP contribution in [0.5, 0.6) is 0 Å². The maximum absolute atomic E-state index is 12.6. The molecule has 0 spiro atoms. The summed E-state index contributed by atoms with van der Waals surface area (Å²) in [6.45, 7) is 15.7. The monoisotopic (exact) mass is 800 g/mol. The van der Waals surface area contributed by atoms with Crippen LogP contribution in [-0.4, -0.2) is 150 Å². The number of aliphatic hydroxyl groups excluding tert-OH is 10. The maximum Gasteiger partial charge on any atom is 0.187 e. The van der Waals surface area contributed by atoms with Gasteiger partial charge in [-0.1, -0.05) is 46.3 Å². The molecule has 0 bridgehead atoms. The van der Waals surface area contributed by atoms with Gasteiger partial charge >= 0.3 is 0 Å². The van der Waals surface area contributed by atoms with E-state index >= 15 is 0 Å². The Balaban J connectivity index is 1.39. The van der Waals surface area contributed by atoms with Crippen molar-refractivity contribution in [2.45, 2.75) is 192 Å². The van der Waals surface area contributed by atoms with Crippen molar-refractivity contribution in [3.63, 3.8) is 0 Å². The quantitative estimate of drug-likeness (QED) is 0.110. The van der Waals surface area contributed by atoms with Crippen LogP contribution >= 0.6 is 0 Å². The molecule has 4 aliphatic carbocycles. The molecule has 19 unspecified atom stereocenters. The molecule has 6 rings (SSSR count). The Hall–Kier alpha value is -0.820. The van der Waals surface area contributed by atoms with Gasteiger partial charge in [0.1, 0.15) is 48.8 Å². The van der Waals surface area contributed by atoms with Crippen LogP contribution in [0.25, 0.3) is 0 Å². The van der Waals surface area contributed by atoms with Crippen molar-refractivity contribution in [2.24, 2.45) is 45.3 Å². The molecular weight excluding hydrogens is 728 g/mol. The zero-order valence-electron chi connectivity index (χ0n) is 34.6. The molecule has 0 amide bonds. The summed E-state index contributed by atoms with van der Waals surface area (Å²) < 4.78 is 25.4. The predicted molar refractivity (Wildman–Crippen MR) is 202 cm³/mol. The third kappa shape index (κ3) is 7.06. The molecule has 4 saturated carbocycles. The molecule has 2 saturated heterocycles. The number of aliphatic hydroxyl groups is 10. The molecule has 0 aromatic rings. The maximum atomic E-state index is 12.6. The van der Waals surface area contributed by atoms with Crippen molar-refractivity contribution in [1.82, 2.24) is 0 Å². The van der Waals surface area contributed by atoms with Gasteiger partial charge in [-0.15, -0.1) is 0 Å². The van der Waals surface area contributed by atoms with Crippen LogP contribution in [0.2, 0.25) is 0 Å². The Labute approximate surface area is 331 Å². The van der Waals surface area contributed by atoms with Crippen LogP contribution in [0.3, 0.4) is 0 Å². The average Bonchev–Trinajstić information content (AvgIpc) is 3.52. The van der Waals surface area contributed by atoms with Crippen LogP contribution in [0.1, 0.15) is 107 Å². The van der Waals surface area contributed by atoms with E-state index in [2.05, 4.69) is 26.8 Å². The molecular formula is C42H72O14. The van der Waals surface area contributed by atoms with Crippen molar-refractivity contribution >= 4 is 0 Å². The van der Waals surface area contributed by atoms with Crippen LogP contribution in [0, 0.1) is 45.3 Å². The topological polar surface area (TPSA) is 239 Å². The second-order valence-corrected chi connectivity index (χ2v) is 20.2. The van der Waals surface area contributed by atoms with Gasteiger partial charge in [0.05, 0.1) is 37.1 Å². The first-order valence-corrected chi connectivity index (χ1v) is 21.0. The number of allylic oxidation sites excluding steroid dienone is 2. The highest BCUT2D eigenvalue weighted by Crippen LogP contribution is 2.76. The minimum absolute atomic E-state index is 0.000258. The van der Waals surface area contributed by atoms with Gasteiger partial charge in [0.15, 0.2) is 12.6 Å².